The van der Waals surface area contributed by atoms with Crippen LogP contribution in [0.25, 0.3) is 0 Å². The maximum Gasteiger partial charge on any atom is 0.327 e. The summed E-state index contributed by atoms with van der Waals surface area (Å²) in [6.45, 7) is 2.07. The van der Waals surface area contributed by atoms with E-state index >= 15 is 0 Å². The second-order valence-corrected chi connectivity index (χ2v) is 3.22. The molecule has 0 saturated carbocycles. The molecule has 0 aliphatic rings. The van der Waals surface area contributed by atoms with Crippen molar-refractivity contribution in [3.05, 3.63) is 34.9 Å². The van der Waals surface area contributed by atoms with Crippen molar-refractivity contribution in [2.45, 2.75) is 13.0 Å². The highest BCUT2D eigenvalue weighted by atomic mass is 35.5. The van der Waals surface area contributed by atoms with Gasteiger partial charge in [-0.1, -0.05) is 23.7 Å². The first-order valence-corrected chi connectivity index (χ1v) is 4.70. The van der Waals surface area contributed by atoms with Gasteiger partial charge in [0, 0.05) is 5.02 Å². The van der Waals surface area contributed by atoms with E-state index in [1.54, 1.807) is 31.2 Å². The topological polar surface area (TPSA) is 52.3 Å². The van der Waals surface area contributed by atoms with E-state index in [1.165, 1.54) is 0 Å². The van der Waals surface area contributed by atoms with Crippen LogP contribution in [-0.4, -0.2) is 12.6 Å². The summed E-state index contributed by atoms with van der Waals surface area (Å²) in [5.74, 6) is -0.435. The number of nitrogens with two attached hydrogens (primary N) is 1. The molecule has 1 atom stereocenters. The fourth-order valence-corrected chi connectivity index (χ4v) is 1.27. The molecule has 1 rings (SSSR count). The Kier molecular flexibility index (Phi) is 3.92. The number of rotatable bonds is 3. The van der Waals surface area contributed by atoms with Crippen LogP contribution in [0, 0.1) is 0 Å². The monoisotopic (exact) mass is 213 g/mol. The van der Waals surface area contributed by atoms with Gasteiger partial charge in [-0.05, 0) is 24.6 Å². The second-order valence-electron chi connectivity index (χ2n) is 2.78. The summed E-state index contributed by atoms with van der Waals surface area (Å²) < 4.78 is 4.79. The van der Waals surface area contributed by atoms with Crippen LogP contribution in [0.5, 0.6) is 0 Å². The highest BCUT2D eigenvalue weighted by molar-refractivity contribution is 6.30. The van der Waals surface area contributed by atoms with Crippen LogP contribution in [0.4, 0.5) is 0 Å². The first-order chi connectivity index (χ1) is 6.65. The largest absolute Gasteiger partial charge is 0.465 e. The van der Waals surface area contributed by atoms with Crippen molar-refractivity contribution in [1.29, 1.82) is 0 Å². The lowest BCUT2D eigenvalue weighted by Crippen LogP contribution is -2.23. The van der Waals surface area contributed by atoms with Gasteiger partial charge in [-0.25, -0.2) is 4.79 Å². The van der Waals surface area contributed by atoms with Crippen LogP contribution in [0.3, 0.4) is 0 Å². The van der Waals surface area contributed by atoms with E-state index in [0.717, 1.165) is 0 Å². The lowest BCUT2D eigenvalue weighted by atomic mass is 10.1. The molecule has 0 bridgehead atoms. The van der Waals surface area contributed by atoms with Gasteiger partial charge in [0.1, 0.15) is 6.04 Å². The van der Waals surface area contributed by atoms with Gasteiger partial charge in [-0.15, -0.1) is 0 Å². The maximum atomic E-state index is 11.3. The van der Waals surface area contributed by atoms with Gasteiger partial charge in [-0.3, -0.25) is 0 Å². The summed E-state index contributed by atoms with van der Waals surface area (Å²) in [6.07, 6.45) is 0. The average molecular weight is 214 g/mol. The molecule has 0 spiro atoms. The summed E-state index contributed by atoms with van der Waals surface area (Å²) in [4.78, 5) is 11.3. The number of hydrogen-bond donors (Lipinski definition) is 1. The number of ether oxygens (including phenoxy) is 1. The van der Waals surface area contributed by atoms with Gasteiger partial charge in [0.25, 0.3) is 0 Å². The molecule has 14 heavy (non-hydrogen) atoms. The molecule has 4 heteroatoms. The van der Waals surface area contributed by atoms with Crippen molar-refractivity contribution in [2.75, 3.05) is 6.61 Å². The Morgan fingerprint density at radius 2 is 2.36 bits per heavy atom. The third-order valence-corrected chi connectivity index (χ3v) is 1.98. The van der Waals surface area contributed by atoms with E-state index in [-0.39, 0.29) is 0 Å². The Labute approximate surface area is 87.8 Å². The van der Waals surface area contributed by atoms with Crippen LogP contribution < -0.4 is 5.73 Å². The zero-order chi connectivity index (χ0) is 10.6. The van der Waals surface area contributed by atoms with Gasteiger partial charge < -0.3 is 10.5 Å². The minimum Gasteiger partial charge on any atom is -0.465 e. The molecule has 0 aromatic heterocycles. The smallest absolute Gasteiger partial charge is 0.327 e. The van der Waals surface area contributed by atoms with Crippen LogP contribution in [0.2, 0.25) is 5.02 Å². The van der Waals surface area contributed by atoms with E-state index in [2.05, 4.69) is 0 Å². The molecule has 0 saturated heterocycles. The summed E-state index contributed by atoms with van der Waals surface area (Å²) in [6, 6.07) is 6.12. The molecule has 1 aromatic carbocycles. The Balaban J connectivity index is 2.78. The minimum absolute atomic E-state index is 0.326. The van der Waals surface area contributed by atoms with E-state index < -0.39 is 12.0 Å². The van der Waals surface area contributed by atoms with Gasteiger partial charge in [0.15, 0.2) is 0 Å². The Hall–Kier alpha value is -1.06. The van der Waals surface area contributed by atoms with Crippen molar-refractivity contribution in [2.24, 2.45) is 5.73 Å². The van der Waals surface area contributed by atoms with Gasteiger partial charge in [-0.2, -0.15) is 0 Å². The number of hydrogen-bond acceptors (Lipinski definition) is 3. The first-order valence-electron chi connectivity index (χ1n) is 4.33. The summed E-state index contributed by atoms with van der Waals surface area (Å²) in [5.41, 5.74) is 6.32. The molecule has 0 amide bonds. The SMILES string of the molecule is CCOC(=O)[C@H](N)c1cccc(Cl)c1. The van der Waals surface area contributed by atoms with Gasteiger partial charge in [0.2, 0.25) is 0 Å². The molecule has 0 radical (unpaired) electrons. The van der Waals surface area contributed by atoms with Crippen molar-refractivity contribution in [3.8, 4) is 0 Å². The van der Waals surface area contributed by atoms with Crippen LogP contribution in [0.15, 0.2) is 24.3 Å². The predicted octanol–water partition coefficient (Wildman–Crippen LogP) is 1.90. The zero-order valence-electron chi connectivity index (χ0n) is 7.87. The van der Waals surface area contributed by atoms with Crippen LogP contribution in [-0.2, 0) is 9.53 Å². The highest BCUT2D eigenvalue weighted by Crippen LogP contribution is 2.16. The quantitative estimate of drug-likeness (QED) is 0.781. The van der Waals surface area contributed by atoms with E-state index in [4.69, 9.17) is 22.1 Å². The van der Waals surface area contributed by atoms with E-state index in [0.29, 0.717) is 17.2 Å². The van der Waals surface area contributed by atoms with Crippen molar-refractivity contribution < 1.29 is 9.53 Å². The number of halogens is 1. The molecule has 0 fully saturated rings. The molecule has 1 aromatic rings. The van der Waals surface area contributed by atoms with E-state index in [9.17, 15) is 4.79 Å². The van der Waals surface area contributed by atoms with Crippen molar-refractivity contribution in [3.63, 3.8) is 0 Å². The van der Waals surface area contributed by atoms with Gasteiger partial charge >= 0.3 is 5.97 Å². The normalized spacial score (nSPS) is 12.2. The summed E-state index contributed by atoms with van der Waals surface area (Å²) in [5, 5.41) is 0.558. The number of carbonyl (C=O) groups is 1. The van der Waals surface area contributed by atoms with Crippen molar-refractivity contribution in [1.82, 2.24) is 0 Å². The molecule has 0 aliphatic heterocycles. The second kappa shape index (κ2) is 4.98. The Morgan fingerprint density at radius 1 is 1.64 bits per heavy atom. The van der Waals surface area contributed by atoms with Crippen LogP contribution in [0.1, 0.15) is 18.5 Å². The molecular weight excluding hydrogens is 202 g/mol. The number of benzene rings is 1. The fourth-order valence-electron chi connectivity index (χ4n) is 1.07. The molecule has 76 valence electrons. The van der Waals surface area contributed by atoms with Gasteiger partial charge in [0.05, 0.1) is 6.61 Å². The fraction of sp³-hybridized carbons (Fsp3) is 0.300. The number of carbonyl (C=O) groups excluding carboxylic acids is 1. The van der Waals surface area contributed by atoms with Crippen molar-refractivity contribution >= 4 is 17.6 Å². The third-order valence-electron chi connectivity index (χ3n) is 1.75. The Morgan fingerprint density at radius 3 is 2.93 bits per heavy atom. The van der Waals surface area contributed by atoms with Crippen LogP contribution >= 0.6 is 11.6 Å². The molecule has 2 N–H and O–H groups in total. The highest BCUT2D eigenvalue weighted by Gasteiger charge is 2.16. The third kappa shape index (κ3) is 2.72. The standard InChI is InChI=1S/C10H12ClNO2/c1-2-14-10(13)9(12)7-4-3-5-8(11)6-7/h3-6,9H,2,12H2,1H3/t9-/m1/s1. The molecule has 0 unspecified atom stereocenters. The average Bonchev–Trinajstić information content (AvgIpc) is 2.17. The molecule has 3 nitrogen and oxygen atoms in total. The van der Waals surface area contributed by atoms with E-state index in [1.807, 2.05) is 0 Å². The predicted molar refractivity (Wildman–Crippen MR) is 55.0 cm³/mol. The zero-order valence-corrected chi connectivity index (χ0v) is 8.62. The minimum atomic E-state index is -0.756. The molecular formula is C10H12ClNO2. The molecule has 0 aliphatic carbocycles. The lowest BCUT2D eigenvalue weighted by molar-refractivity contribution is -0.144. The Bertz CT molecular complexity index is 328. The number of esters is 1. The maximum absolute atomic E-state index is 11.3. The summed E-state index contributed by atoms with van der Waals surface area (Å²) >= 11 is 5.76. The lowest BCUT2D eigenvalue weighted by Gasteiger charge is -2.10. The first kappa shape index (κ1) is 11.0. The molecule has 0 heterocycles. The summed E-state index contributed by atoms with van der Waals surface area (Å²) in [7, 11) is 0.